The third-order valence-corrected chi connectivity index (χ3v) is 2.96. The van der Waals surface area contributed by atoms with Gasteiger partial charge in [0.15, 0.2) is 0 Å². The van der Waals surface area contributed by atoms with Crippen molar-refractivity contribution in [3.05, 3.63) is 32.8 Å². The number of hydrogen-bond acceptors (Lipinski definition) is 2. The zero-order chi connectivity index (χ0) is 15.7. The van der Waals surface area contributed by atoms with Gasteiger partial charge in [-0.1, -0.05) is 34.8 Å². The lowest BCUT2D eigenvalue weighted by Gasteiger charge is -2.18. The standard InChI is InChI=1S/C10H4Cl3F5O2/c11-4-1-6(12)5(7(13)2-4)3-20-8(19)9(14,15)10(16,17)18/h1-2H,3H2. The Hall–Kier alpha value is -0.790. The second-order valence-electron chi connectivity index (χ2n) is 3.50. The number of hydrogen-bond donors (Lipinski definition) is 0. The average molecular weight is 357 g/mol. The van der Waals surface area contributed by atoms with Gasteiger partial charge in [0.2, 0.25) is 0 Å². The fourth-order valence-corrected chi connectivity index (χ4v) is 1.98. The van der Waals surface area contributed by atoms with Crippen LogP contribution in [0.3, 0.4) is 0 Å². The molecule has 0 aliphatic carbocycles. The van der Waals surface area contributed by atoms with Crippen LogP contribution in [0.2, 0.25) is 15.1 Å². The molecule has 0 bridgehead atoms. The molecular weight excluding hydrogens is 353 g/mol. The normalized spacial score (nSPS) is 12.4. The Morgan fingerprint density at radius 3 is 1.90 bits per heavy atom. The summed E-state index contributed by atoms with van der Waals surface area (Å²) in [6, 6.07) is 2.33. The molecule has 1 rings (SSSR count). The average Bonchev–Trinajstić information content (AvgIpc) is 2.25. The van der Waals surface area contributed by atoms with E-state index in [2.05, 4.69) is 4.74 Å². The highest BCUT2D eigenvalue weighted by Crippen LogP contribution is 2.37. The lowest BCUT2D eigenvalue weighted by atomic mass is 10.2. The Morgan fingerprint density at radius 1 is 1.05 bits per heavy atom. The Morgan fingerprint density at radius 2 is 1.50 bits per heavy atom. The number of carbonyl (C=O) groups is 1. The van der Waals surface area contributed by atoms with Crippen molar-refractivity contribution >= 4 is 40.8 Å². The number of ether oxygens (including phenoxy) is 1. The van der Waals surface area contributed by atoms with Crippen LogP contribution in [0.4, 0.5) is 22.0 Å². The quantitative estimate of drug-likeness (QED) is 0.569. The van der Waals surface area contributed by atoms with Gasteiger partial charge in [0.05, 0.1) is 10.0 Å². The van der Waals surface area contributed by atoms with E-state index in [9.17, 15) is 26.7 Å². The van der Waals surface area contributed by atoms with Gasteiger partial charge in [-0.3, -0.25) is 0 Å². The van der Waals surface area contributed by atoms with Gasteiger partial charge in [0.25, 0.3) is 0 Å². The van der Waals surface area contributed by atoms with Crippen molar-refractivity contribution in [2.75, 3.05) is 0 Å². The van der Waals surface area contributed by atoms with E-state index in [4.69, 9.17) is 34.8 Å². The van der Waals surface area contributed by atoms with Crippen LogP contribution in [-0.2, 0) is 16.1 Å². The smallest absolute Gasteiger partial charge is 0.456 e. The number of alkyl halides is 5. The third-order valence-electron chi connectivity index (χ3n) is 2.07. The molecule has 20 heavy (non-hydrogen) atoms. The summed E-state index contributed by atoms with van der Waals surface area (Å²) in [5, 5.41) is -0.146. The van der Waals surface area contributed by atoms with Gasteiger partial charge >= 0.3 is 18.1 Å². The second-order valence-corrected chi connectivity index (χ2v) is 4.75. The first-order valence-electron chi connectivity index (χ1n) is 4.72. The lowest BCUT2D eigenvalue weighted by molar-refractivity contribution is -0.281. The molecule has 0 amide bonds. The molecule has 0 saturated heterocycles. The molecule has 0 aromatic heterocycles. The zero-order valence-electron chi connectivity index (χ0n) is 9.20. The van der Waals surface area contributed by atoms with Crippen LogP contribution in [0.15, 0.2) is 12.1 Å². The minimum Gasteiger partial charge on any atom is -0.456 e. The molecule has 1 aromatic carbocycles. The first-order chi connectivity index (χ1) is 8.96. The first kappa shape index (κ1) is 17.3. The highest BCUT2D eigenvalue weighted by atomic mass is 35.5. The van der Waals surface area contributed by atoms with Crippen molar-refractivity contribution in [1.29, 1.82) is 0 Å². The van der Waals surface area contributed by atoms with E-state index in [1.807, 2.05) is 0 Å². The Kier molecular flexibility index (Phi) is 5.10. The Bertz CT molecular complexity index is 507. The van der Waals surface area contributed by atoms with Crippen LogP contribution in [0, 0.1) is 0 Å². The van der Waals surface area contributed by atoms with Crippen LogP contribution < -0.4 is 0 Å². The second kappa shape index (κ2) is 5.91. The summed E-state index contributed by atoms with van der Waals surface area (Å²) in [6.45, 7) is -0.945. The fourth-order valence-electron chi connectivity index (χ4n) is 1.05. The molecule has 0 N–H and O–H groups in total. The Labute approximate surface area is 124 Å². The maximum absolute atomic E-state index is 12.6. The van der Waals surface area contributed by atoms with E-state index in [0.29, 0.717) is 0 Å². The number of esters is 1. The molecule has 0 saturated carbocycles. The van der Waals surface area contributed by atoms with Crippen LogP contribution >= 0.6 is 34.8 Å². The fraction of sp³-hybridized carbons (Fsp3) is 0.300. The predicted octanol–water partition coefficient (Wildman–Crippen LogP) is 4.89. The number of halogens is 8. The highest BCUT2D eigenvalue weighted by molar-refractivity contribution is 6.39. The molecule has 0 fully saturated rings. The number of carbonyl (C=O) groups excluding carboxylic acids is 1. The molecule has 1 aromatic rings. The molecule has 0 radical (unpaired) electrons. The molecule has 10 heteroatoms. The highest BCUT2D eigenvalue weighted by Gasteiger charge is 2.64. The van der Waals surface area contributed by atoms with Gasteiger partial charge in [0, 0.05) is 10.6 Å². The van der Waals surface area contributed by atoms with E-state index in [1.165, 1.54) is 12.1 Å². The summed E-state index contributed by atoms with van der Waals surface area (Å²) in [5.74, 6) is -8.36. The monoisotopic (exact) mass is 356 g/mol. The molecule has 0 unspecified atom stereocenters. The topological polar surface area (TPSA) is 26.3 Å². The van der Waals surface area contributed by atoms with Crippen molar-refractivity contribution in [3.63, 3.8) is 0 Å². The minimum atomic E-state index is -6.04. The van der Waals surface area contributed by atoms with Crippen molar-refractivity contribution in [3.8, 4) is 0 Å². The van der Waals surface area contributed by atoms with Crippen LogP contribution in [0.25, 0.3) is 0 Å². The van der Waals surface area contributed by atoms with E-state index in [-0.39, 0.29) is 20.6 Å². The molecule has 0 spiro atoms. The molecule has 0 heterocycles. The van der Waals surface area contributed by atoms with Gasteiger partial charge in [-0.15, -0.1) is 0 Å². The van der Waals surface area contributed by atoms with Gasteiger partial charge in [-0.25, -0.2) is 4.79 Å². The van der Waals surface area contributed by atoms with Crippen LogP contribution in [0.1, 0.15) is 5.56 Å². The number of benzene rings is 1. The summed E-state index contributed by atoms with van der Waals surface area (Å²) in [6.07, 6.45) is -6.04. The van der Waals surface area contributed by atoms with Gasteiger partial charge in [-0.2, -0.15) is 22.0 Å². The van der Waals surface area contributed by atoms with E-state index in [0.717, 1.165) is 0 Å². The molecule has 2 nitrogen and oxygen atoms in total. The molecule has 112 valence electrons. The zero-order valence-corrected chi connectivity index (χ0v) is 11.5. The summed E-state index contributed by atoms with van der Waals surface area (Å²) < 4.78 is 64.8. The van der Waals surface area contributed by atoms with Crippen molar-refractivity contribution < 1.29 is 31.5 Å². The van der Waals surface area contributed by atoms with Crippen molar-refractivity contribution in [1.82, 2.24) is 0 Å². The van der Waals surface area contributed by atoms with Crippen molar-refractivity contribution in [2.45, 2.75) is 18.7 Å². The van der Waals surface area contributed by atoms with Gasteiger partial charge in [-0.05, 0) is 12.1 Å². The maximum atomic E-state index is 12.6. The van der Waals surface area contributed by atoms with Gasteiger partial charge in [0.1, 0.15) is 6.61 Å². The van der Waals surface area contributed by atoms with Gasteiger partial charge < -0.3 is 4.74 Å². The summed E-state index contributed by atoms with van der Waals surface area (Å²) in [7, 11) is 0. The molecule has 0 atom stereocenters. The molecular formula is C10H4Cl3F5O2. The predicted molar refractivity (Wildman–Crippen MR) is 62.3 cm³/mol. The largest absolute Gasteiger partial charge is 0.465 e. The lowest BCUT2D eigenvalue weighted by Crippen LogP contribution is -2.45. The van der Waals surface area contributed by atoms with E-state index < -0.39 is 24.7 Å². The summed E-state index contributed by atoms with van der Waals surface area (Å²) in [5.41, 5.74) is -0.135. The Balaban J connectivity index is 2.86. The van der Waals surface area contributed by atoms with E-state index >= 15 is 0 Å². The first-order valence-corrected chi connectivity index (χ1v) is 5.85. The van der Waals surface area contributed by atoms with E-state index in [1.54, 1.807) is 0 Å². The summed E-state index contributed by atoms with van der Waals surface area (Å²) in [4.78, 5) is 10.8. The van der Waals surface area contributed by atoms with Crippen LogP contribution in [0.5, 0.6) is 0 Å². The maximum Gasteiger partial charge on any atom is 0.465 e. The van der Waals surface area contributed by atoms with Crippen molar-refractivity contribution in [2.24, 2.45) is 0 Å². The van der Waals surface area contributed by atoms with Crippen LogP contribution in [-0.4, -0.2) is 18.1 Å². The third kappa shape index (κ3) is 3.65. The number of rotatable bonds is 3. The molecule has 0 aliphatic heterocycles. The summed E-state index contributed by atoms with van der Waals surface area (Å²) >= 11 is 16.9. The SMILES string of the molecule is O=C(OCc1c(Cl)cc(Cl)cc1Cl)C(F)(F)C(F)(F)F. The molecule has 0 aliphatic rings. The minimum absolute atomic E-state index is 0.121.